The van der Waals surface area contributed by atoms with E-state index in [0.29, 0.717) is 46.1 Å². The van der Waals surface area contributed by atoms with Crippen LogP contribution in [0.5, 0.6) is 0 Å². The minimum absolute atomic E-state index is 0.280. The molecule has 0 aliphatic heterocycles. The topological polar surface area (TPSA) is 110 Å². The standard InChI is InChI=1S/C18H18N4O4/c1-4-15-16(11(3)26-22-15)18(24)21-13-7-5-12(6-8-13)20-17(23)14-9-19-25-10(14)2/h5-9H,4H2,1-3H3,(H,20,23)(H,21,24). The van der Waals surface area contributed by atoms with Crippen molar-refractivity contribution in [3.05, 3.63) is 58.8 Å². The fraction of sp³-hybridized carbons (Fsp3) is 0.222. The summed E-state index contributed by atoms with van der Waals surface area (Å²) in [7, 11) is 0. The van der Waals surface area contributed by atoms with Gasteiger partial charge in [-0.25, -0.2) is 0 Å². The quantitative estimate of drug-likeness (QED) is 0.727. The SMILES string of the molecule is CCc1noc(C)c1C(=O)Nc1ccc(NC(=O)c2cnoc2C)cc1. The number of amides is 2. The lowest BCUT2D eigenvalue weighted by Crippen LogP contribution is -2.15. The number of anilines is 2. The van der Waals surface area contributed by atoms with Gasteiger partial charge in [-0.2, -0.15) is 0 Å². The van der Waals surface area contributed by atoms with Crippen LogP contribution in [0.3, 0.4) is 0 Å². The summed E-state index contributed by atoms with van der Waals surface area (Å²) >= 11 is 0. The summed E-state index contributed by atoms with van der Waals surface area (Å²) in [4.78, 5) is 24.6. The molecule has 8 nitrogen and oxygen atoms in total. The fourth-order valence-corrected chi connectivity index (χ4v) is 2.50. The summed E-state index contributed by atoms with van der Waals surface area (Å²) in [5.41, 5.74) is 2.62. The van der Waals surface area contributed by atoms with Crippen LogP contribution in [0.1, 0.15) is 44.9 Å². The van der Waals surface area contributed by atoms with E-state index in [1.54, 1.807) is 38.1 Å². The molecule has 0 atom stereocenters. The Hall–Kier alpha value is -3.42. The van der Waals surface area contributed by atoms with E-state index < -0.39 is 0 Å². The molecule has 3 aromatic rings. The van der Waals surface area contributed by atoms with Crippen molar-refractivity contribution in [2.24, 2.45) is 0 Å². The summed E-state index contributed by atoms with van der Waals surface area (Å²) < 4.78 is 9.96. The molecule has 2 aromatic heterocycles. The van der Waals surface area contributed by atoms with Gasteiger partial charge >= 0.3 is 0 Å². The number of aryl methyl sites for hydroxylation is 3. The van der Waals surface area contributed by atoms with Gasteiger partial charge in [-0.05, 0) is 44.5 Å². The van der Waals surface area contributed by atoms with E-state index in [0.717, 1.165) is 0 Å². The highest BCUT2D eigenvalue weighted by molar-refractivity contribution is 6.06. The van der Waals surface area contributed by atoms with E-state index >= 15 is 0 Å². The van der Waals surface area contributed by atoms with Gasteiger partial charge in [0.25, 0.3) is 11.8 Å². The second kappa shape index (κ2) is 7.22. The van der Waals surface area contributed by atoms with Crippen LogP contribution < -0.4 is 10.6 Å². The molecular weight excluding hydrogens is 336 g/mol. The molecule has 2 N–H and O–H groups in total. The highest BCUT2D eigenvalue weighted by Gasteiger charge is 2.19. The Bertz CT molecular complexity index is 941. The van der Waals surface area contributed by atoms with Gasteiger partial charge in [-0.3, -0.25) is 9.59 Å². The third kappa shape index (κ3) is 3.49. The van der Waals surface area contributed by atoms with Crippen LogP contribution in [0, 0.1) is 13.8 Å². The van der Waals surface area contributed by atoms with Crippen LogP contribution >= 0.6 is 0 Å². The van der Waals surface area contributed by atoms with Crippen molar-refractivity contribution in [3.8, 4) is 0 Å². The lowest BCUT2D eigenvalue weighted by Gasteiger charge is -2.08. The second-order valence-electron chi connectivity index (χ2n) is 5.70. The molecule has 0 fully saturated rings. The van der Waals surface area contributed by atoms with Gasteiger partial charge in [-0.15, -0.1) is 0 Å². The summed E-state index contributed by atoms with van der Waals surface area (Å²) in [5, 5.41) is 13.0. The molecule has 8 heteroatoms. The fourth-order valence-electron chi connectivity index (χ4n) is 2.50. The van der Waals surface area contributed by atoms with Gasteiger partial charge in [-0.1, -0.05) is 17.2 Å². The van der Waals surface area contributed by atoms with Crippen molar-refractivity contribution in [3.63, 3.8) is 0 Å². The zero-order valence-corrected chi connectivity index (χ0v) is 14.6. The molecular formula is C18H18N4O4. The first-order valence-corrected chi connectivity index (χ1v) is 8.08. The van der Waals surface area contributed by atoms with E-state index in [4.69, 9.17) is 9.05 Å². The van der Waals surface area contributed by atoms with Crippen LogP contribution in [0.15, 0.2) is 39.5 Å². The first-order valence-electron chi connectivity index (χ1n) is 8.08. The van der Waals surface area contributed by atoms with Gasteiger partial charge in [0.05, 0.1) is 11.9 Å². The number of nitrogens with one attached hydrogen (secondary N) is 2. The lowest BCUT2D eigenvalue weighted by molar-refractivity contribution is 0.101. The molecule has 0 spiro atoms. The average molecular weight is 354 g/mol. The van der Waals surface area contributed by atoms with Gasteiger partial charge < -0.3 is 19.7 Å². The number of carbonyl (C=O) groups is 2. The number of aromatic nitrogens is 2. The van der Waals surface area contributed by atoms with Crippen molar-refractivity contribution in [1.29, 1.82) is 0 Å². The van der Waals surface area contributed by atoms with E-state index in [2.05, 4.69) is 20.9 Å². The molecule has 3 rings (SSSR count). The monoisotopic (exact) mass is 354 g/mol. The molecule has 1 aromatic carbocycles. The summed E-state index contributed by atoms with van der Waals surface area (Å²) in [6.07, 6.45) is 1.97. The predicted molar refractivity (Wildman–Crippen MR) is 94.2 cm³/mol. The van der Waals surface area contributed by atoms with Crippen LogP contribution in [0.25, 0.3) is 0 Å². The molecule has 26 heavy (non-hydrogen) atoms. The lowest BCUT2D eigenvalue weighted by atomic mass is 10.1. The van der Waals surface area contributed by atoms with Gasteiger partial charge in [0.1, 0.15) is 22.6 Å². The normalized spacial score (nSPS) is 10.6. The first-order chi connectivity index (χ1) is 12.5. The summed E-state index contributed by atoms with van der Waals surface area (Å²) in [6, 6.07) is 6.78. The maximum atomic E-state index is 12.4. The average Bonchev–Trinajstić information content (AvgIpc) is 3.21. The summed E-state index contributed by atoms with van der Waals surface area (Å²) in [6.45, 7) is 5.27. The highest BCUT2D eigenvalue weighted by Crippen LogP contribution is 2.19. The Morgan fingerprint density at radius 3 is 2.12 bits per heavy atom. The molecule has 2 heterocycles. The largest absolute Gasteiger partial charge is 0.361 e. The Kier molecular flexibility index (Phi) is 4.83. The maximum absolute atomic E-state index is 12.4. The van der Waals surface area contributed by atoms with Crippen LogP contribution in [-0.2, 0) is 6.42 Å². The van der Waals surface area contributed by atoms with Crippen molar-refractivity contribution in [1.82, 2.24) is 10.3 Å². The van der Waals surface area contributed by atoms with Gasteiger partial charge in [0.15, 0.2) is 0 Å². The van der Waals surface area contributed by atoms with Crippen molar-refractivity contribution in [2.75, 3.05) is 10.6 Å². The number of hydrogen-bond acceptors (Lipinski definition) is 6. The van der Waals surface area contributed by atoms with Crippen molar-refractivity contribution < 1.29 is 18.6 Å². The zero-order valence-electron chi connectivity index (χ0n) is 14.6. The van der Waals surface area contributed by atoms with Gasteiger partial charge in [0, 0.05) is 11.4 Å². The Labute approximate surface area is 149 Å². The van der Waals surface area contributed by atoms with Crippen LogP contribution in [-0.4, -0.2) is 22.1 Å². The minimum atomic E-state index is -0.312. The Balaban J connectivity index is 1.68. The molecule has 0 radical (unpaired) electrons. The molecule has 0 aliphatic carbocycles. The second-order valence-corrected chi connectivity index (χ2v) is 5.70. The number of nitrogens with zero attached hydrogens (tertiary/aromatic N) is 2. The minimum Gasteiger partial charge on any atom is -0.361 e. The van der Waals surface area contributed by atoms with Gasteiger partial charge in [0.2, 0.25) is 0 Å². The van der Waals surface area contributed by atoms with E-state index in [9.17, 15) is 9.59 Å². The Morgan fingerprint density at radius 2 is 1.58 bits per heavy atom. The van der Waals surface area contributed by atoms with E-state index in [1.165, 1.54) is 6.20 Å². The van der Waals surface area contributed by atoms with E-state index in [1.807, 2.05) is 6.92 Å². The number of hydrogen-bond donors (Lipinski definition) is 2. The van der Waals surface area contributed by atoms with Crippen molar-refractivity contribution >= 4 is 23.2 Å². The number of carbonyl (C=O) groups excluding carboxylic acids is 2. The maximum Gasteiger partial charge on any atom is 0.261 e. The molecule has 0 bridgehead atoms. The number of rotatable bonds is 5. The first kappa shape index (κ1) is 17.4. The zero-order chi connectivity index (χ0) is 18.7. The van der Waals surface area contributed by atoms with E-state index in [-0.39, 0.29) is 11.8 Å². The predicted octanol–water partition coefficient (Wildman–Crippen LogP) is 3.35. The summed E-state index contributed by atoms with van der Waals surface area (Å²) in [5.74, 6) is 0.334. The van der Waals surface area contributed by atoms with Crippen LogP contribution in [0.2, 0.25) is 0 Å². The van der Waals surface area contributed by atoms with Crippen molar-refractivity contribution in [2.45, 2.75) is 27.2 Å². The molecule has 134 valence electrons. The molecule has 0 saturated heterocycles. The Morgan fingerprint density at radius 1 is 0.962 bits per heavy atom. The third-order valence-corrected chi connectivity index (χ3v) is 3.89. The molecule has 0 unspecified atom stereocenters. The smallest absolute Gasteiger partial charge is 0.261 e. The van der Waals surface area contributed by atoms with Crippen LogP contribution in [0.4, 0.5) is 11.4 Å². The third-order valence-electron chi connectivity index (χ3n) is 3.89. The highest BCUT2D eigenvalue weighted by atomic mass is 16.5. The molecule has 2 amide bonds. The number of benzene rings is 1. The molecule has 0 aliphatic rings. The molecule has 0 saturated carbocycles.